The lowest BCUT2D eigenvalue weighted by molar-refractivity contribution is 0.173. The van der Waals surface area contributed by atoms with Crippen LogP contribution < -0.4 is 4.74 Å². The molecule has 1 N–H and O–H groups in total. The number of ether oxygens (including phenoxy) is 1. The quantitative estimate of drug-likeness (QED) is 0.938. The fourth-order valence-corrected chi connectivity index (χ4v) is 2.23. The Morgan fingerprint density at radius 2 is 2.11 bits per heavy atom. The van der Waals surface area contributed by atoms with Crippen LogP contribution in [0.1, 0.15) is 22.9 Å². The number of aliphatic hydroxyl groups is 1. The molecule has 0 aliphatic rings. The summed E-state index contributed by atoms with van der Waals surface area (Å²) < 4.78 is 6.22. The van der Waals surface area contributed by atoms with Gasteiger partial charge < -0.3 is 9.84 Å². The first-order valence-electron chi connectivity index (χ1n) is 6.03. The van der Waals surface area contributed by atoms with E-state index >= 15 is 0 Å². The fourth-order valence-electron chi connectivity index (χ4n) is 1.89. The molecular formula is C15H16BrNO2. The third kappa shape index (κ3) is 3.55. The Hall–Kier alpha value is -1.39. The van der Waals surface area contributed by atoms with Crippen LogP contribution in [-0.2, 0) is 6.42 Å². The van der Waals surface area contributed by atoms with Gasteiger partial charge in [-0.25, -0.2) is 0 Å². The van der Waals surface area contributed by atoms with Crippen molar-refractivity contribution < 1.29 is 9.84 Å². The van der Waals surface area contributed by atoms with Crippen molar-refractivity contribution in [3.05, 3.63) is 57.8 Å². The van der Waals surface area contributed by atoms with E-state index in [1.54, 1.807) is 13.3 Å². The van der Waals surface area contributed by atoms with E-state index in [-0.39, 0.29) is 0 Å². The summed E-state index contributed by atoms with van der Waals surface area (Å²) in [5.74, 6) is 0.675. The second-order valence-electron chi connectivity index (χ2n) is 4.43. The second kappa shape index (κ2) is 6.17. The highest BCUT2D eigenvalue weighted by Gasteiger charge is 2.14. The van der Waals surface area contributed by atoms with Crippen LogP contribution in [0.15, 0.2) is 41.0 Å². The van der Waals surface area contributed by atoms with Crippen molar-refractivity contribution in [3.8, 4) is 5.75 Å². The van der Waals surface area contributed by atoms with Gasteiger partial charge in [-0.05, 0) is 30.7 Å². The first-order valence-corrected chi connectivity index (χ1v) is 6.82. The summed E-state index contributed by atoms with van der Waals surface area (Å²) in [6.07, 6.45) is 1.65. The molecule has 0 aliphatic carbocycles. The van der Waals surface area contributed by atoms with E-state index in [0.717, 1.165) is 21.3 Å². The van der Waals surface area contributed by atoms with Gasteiger partial charge in [-0.15, -0.1) is 0 Å². The number of aliphatic hydroxyl groups excluding tert-OH is 1. The number of aryl methyl sites for hydroxylation is 1. The lowest BCUT2D eigenvalue weighted by Gasteiger charge is -2.15. The van der Waals surface area contributed by atoms with Crippen LogP contribution in [0.25, 0.3) is 0 Å². The molecule has 0 spiro atoms. The largest absolute Gasteiger partial charge is 0.496 e. The molecule has 2 aromatic rings. The minimum absolute atomic E-state index is 0.471. The van der Waals surface area contributed by atoms with Crippen LogP contribution in [0.4, 0.5) is 0 Å². The fraction of sp³-hybridized carbons (Fsp3) is 0.267. The SMILES string of the molecule is COc1cc(Br)ccc1C(O)Cc1ccc(C)cn1. The highest BCUT2D eigenvalue weighted by molar-refractivity contribution is 9.10. The molecule has 2 rings (SSSR count). The van der Waals surface area contributed by atoms with Gasteiger partial charge in [0.15, 0.2) is 0 Å². The Morgan fingerprint density at radius 1 is 1.32 bits per heavy atom. The van der Waals surface area contributed by atoms with Gasteiger partial charge in [-0.2, -0.15) is 0 Å². The van der Waals surface area contributed by atoms with Crippen molar-refractivity contribution in [3.63, 3.8) is 0 Å². The van der Waals surface area contributed by atoms with Gasteiger partial charge in [0.05, 0.1) is 13.2 Å². The van der Waals surface area contributed by atoms with Crippen molar-refractivity contribution in [2.24, 2.45) is 0 Å². The molecule has 1 aromatic heterocycles. The van der Waals surface area contributed by atoms with Gasteiger partial charge in [0.1, 0.15) is 5.75 Å². The molecule has 19 heavy (non-hydrogen) atoms. The first kappa shape index (κ1) is 14.0. The van der Waals surface area contributed by atoms with Crippen molar-refractivity contribution in [2.75, 3.05) is 7.11 Å². The second-order valence-corrected chi connectivity index (χ2v) is 5.35. The molecule has 0 fully saturated rings. The van der Waals surface area contributed by atoms with Crippen molar-refractivity contribution in [2.45, 2.75) is 19.4 Å². The van der Waals surface area contributed by atoms with Crippen LogP contribution in [0.3, 0.4) is 0 Å². The molecule has 0 bridgehead atoms. The number of hydrogen-bond acceptors (Lipinski definition) is 3. The number of halogens is 1. The van der Waals surface area contributed by atoms with Gasteiger partial charge in [0, 0.05) is 28.3 Å². The molecule has 1 atom stereocenters. The van der Waals surface area contributed by atoms with E-state index in [1.165, 1.54) is 0 Å². The van der Waals surface area contributed by atoms with Gasteiger partial charge >= 0.3 is 0 Å². The maximum Gasteiger partial charge on any atom is 0.125 e. The molecular weight excluding hydrogens is 306 g/mol. The maximum atomic E-state index is 10.3. The number of hydrogen-bond donors (Lipinski definition) is 1. The molecule has 0 aliphatic heterocycles. The Bertz CT molecular complexity index is 555. The van der Waals surface area contributed by atoms with Crippen LogP contribution in [0, 0.1) is 6.92 Å². The minimum atomic E-state index is -0.627. The van der Waals surface area contributed by atoms with E-state index < -0.39 is 6.10 Å². The minimum Gasteiger partial charge on any atom is -0.496 e. The summed E-state index contributed by atoms with van der Waals surface area (Å²) in [5.41, 5.74) is 2.75. The summed E-state index contributed by atoms with van der Waals surface area (Å²) >= 11 is 3.39. The molecule has 3 nitrogen and oxygen atoms in total. The molecule has 0 amide bonds. The summed E-state index contributed by atoms with van der Waals surface area (Å²) in [4.78, 5) is 4.31. The zero-order valence-corrected chi connectivity index (χ0v) is 12.5. The monoisotopic (exact) mass is 321 g/mol. The third-order valence-corrected chi connectivity index (χ3v) is 3.42. The molecule has 4 heteroatoms. The van der Waals surface area contributed by atoms with Crippen LogP contribution in [0.5, 0.6) is 5.75 Å². The van der Waals surface area contributed by atoms with Crippen molar-refractivity contribution in [1.82, 2.24) is 4.98 Å². The van der Waals surface area contributed by atoms with E-state index in [2.05, 4.69) is 20.9 Å². The van der Waals surface area contributed by atoms with Crippen LogP contribution in [-0.4, -0.2) is 17.2 Å². The van der Waals surface area contributed by atoms with E-state index in [0.29, 0.717) is 12.2 Å². The van der Waals surface area contributed by atoms with Gasteiger partial charge in [0.2, 0.25) is 0 Å². The molecule has 0 radical (unpaired) electrons. The Morgan fingerprint density at radius 3 is 2.74 bits per heavy atom. The average molecular weight is 322 g/mol. The summed E-state index contributed by atoms with van der Waals surface area (Å²) in [6.45, 7) is 1.99. The summed E-state index contributed by atoms with van der Waals surface area (Å²) in [7, 11) is 1.60. The lowest BCUT2D eigenvalue weighted by Crippen LogP contribution is -2.05. The summed E-state index contributed by atoms with van der Waals surface area (Å²) in [6, 6.07) is 9.53. The van der Waals surface area contributed by atoms with Crippen LogP contribution in [0.2, 0.25) is 0 Å². The first-order chi connectivity index (χ1) is 9.10. The average Bonchev–Trinajstić information content (AvgIpc) is 2.41. The number of pyridine rings is 1. The molecule has 0 saturated heterocycles. The van der Waals surface area contributed by atoms with Gasteiger partial charge in [-0.1, -0.05) is 28.1 Å². The van der Waals surface area contributed by atoms with Crippen LogP contribution >= 0.6 is 15.9 Å². The zero-order chi connectivity index (χ0) is 13.8. The zero-order valence-electron chi connectivity index (χ0n) is 10.9. The molecule has 100 valence electrons. The number of aromatic nitrogens is 1. The van der Waals surface area contributed by atoms with E-state index in [9.17, 15) is 5.11 Å². The smallest absolute Gasteiger partial charge is 0.125 e. The maximum absolute atomic E-state index is 10.3. The Balaban J connectivity index is 2.19. The highest BCUT2D eigenvalue weighted by Crippen LogP contribution is 2.30. The van der Waals surface area contributed by atoms with E-state index in [4.69, 9.17) is 4.74 Å². The standard InChI is InChI=1S/C15H16BrNO2/c1-10-3-5-12(17-9-10)8-14(18)13-6-4-11(16)7-15(13)19-2/h3-7,9,14,18H,8H2,1-2H3. The van der Waals surface area contributed by atoms with Gasteiger partial charge in [0.25, 0.3) is 0 Å². The normalized spacial score (nSPS) is 12.2. The predicted octanol–water partition coefficient (Wildman–Crippen LogP) is 3.44. The highest BCUT2D eigenvalue weighted by atomic mass is 79.9. The topological polar surface area (TPSA) is 42.4 Å². The predicted molar refractivity (Wildman–Crippen MR) is 78.3 cm³/mol. The molecule has 1 aromatic carbocycles. The number of rotatable bonds is 4. The lowest BCUT2D eigenvalue weighted by atomic mass is 10.0. The molecule has 0 saturated carbocycles. The summed E-state index contributed by atoms with van der Waals surface area (Å²) in [5, 5.41) is 10.3. The van der Waals surface area contributed by atoms with E-state index in [1.807, 2.05) is 37.3 Å². The van der Waals surface area contributed by atoms with Crippen molar-refractivity contribution >= 4 is 15.9 Å². The number of methoxy groups -OCH3 is 1. The number of nitrogens with zero attached hydrogens (tertiary/aromatic N) is 1. The van der Waals surface area contributed by atoms with Crippen molar-refractivity contribution in [1.29, 1.82) is 0 Å². The Kier molecular flexibility index (Phi) is 4.56. The Labute approximate surface area is 121 Å². The molecule has 1 heterocycles. The molecule has 1 unspecified atom stereocenters. The van der Waals surface area contributed by atoms with Gasteiger partial charge in [-0.3, -0.25) is 4.98 Å². The number of benzene rings is 1. The third-order valence-electron chi connectivity index (χ3n) is 2.93.